The maximum Gasteiger partial charge on any atom is 0.343 e. The van der Waals surface area contributed by atoms with E-state index in [4.69, 9.17) is 21.3 Å². The Morgan fingerprint density at radius 3 is 2.77 bits per heavy atom. The summed E-state index contributed by atoms with van der Waals surface area (Å²) in [7, 11) is 1.65. The van der Waals surface area contributed by atoms with Crippen LogP contribution in [0.3, 0.4) is 0 Å². The maximum atomic E-state index is 12.2. The summed E-state index contributed by atoms with van der Waals surface area (Å²) in [6, 6.07) is 16.1. The van der Waals surface area contributed by atoms with E-state index in [0.29, 0.717) is 29.9 Å². The molecule has 0 saturated carbocycles. The van der Waals surface area contributed by atoms with E-state index in [1.807, 2.05) is 36.4 Å². The van der Waals surface area contributed by atoms with Crippen molar-refractivity contribution in [2.24, 2.45) is 0 Å². The van der Waals surface area contributed by atoms with Crippen LogP contribution in [0.15, 0.2) is 58.5 Å². The minimum atomic E-state index is -0.213. The highest BCUT2D eigenvalue weighted by Crippen LogP contribution is 2.35. The van der Waals surface area contributed by atoms with Gasteiger partial charge in [0.2, 0.25) is 0 Å². The lowest BCUT2D eigenvalue weighted by Crippen LogP contribution is -2.18. The fourth-order valence-electron chi connectivity index (χ4n) is 3.53. The summed E-state index contributed by atoms with van der Waals surface area (Å²) in [5.74, 6) is 0.907. The van der Waals surface area contributed by atoms with Gasteiger partial charge in [-0.1, -0.05) is 53.7 Å². The van der Waals surface area contributed by atoms with Crippen LogP contribution in [0.25, 0.3) is 11.0 Å². The van der Waals surface area contributed by atoms with E-state index in [-0.39, 0.29) is 10.9 Å². The highest BCUT2D eigenvalue weighted by Gasteiger charge is 2.21. The fraction of sp³-hybridized carbons (Fsp3) is 0.318. The highest BCUT2D eigenvalue weighted by atomic mass is 35.5. The van der Waals surface area contributed by atoms with E-state index in [9.17, 15) is 4.79 Å². The molecule has 7 nitrogen and oxygen atoms in total. The Morgan fingerprint density at radius 2 is 2.00 bits per heavy atom. The molecule has 0 amide bonds. The van der Waals surface area contributed by atoms with Crippen molar-refractivity contribution < 1.29 is 4.74 Å². The minimum Gasteiger partial charge on any atom is -0.385 e. The van der Waals surface area contributed by atoms with Gasteiger partial charge in [0.25, 0.3) is 0 Å². The molecule has 0 aliphatic rings. The van der Waals surface area contributed by atoms with Crippen LogP contribution in [0, 0.1) is 0 Å². The van der Waals surface area contributed by atoms with E-state index >= 15 is 0 Å². The van der Waals surface area contributed by atoms with Gasteiger partial charge >= 0.3 is 5.69 Å². The van der Waals surface area contributed by atoms with Gasteiger partial charge < -0.3 is 9.30 Å². The third-order valence-corrected chi connectivity index (χ3v) is 6.34. The van der Waals surface area contributed by atoms with Crippen LogP contribution >= 0.6 is 23.4 Å². The lowest BCUT2D eigenvalue weighted by molar-refractivity contribution is 0.189. The Bertz CT molecular complexity index is 1220. The Labute approximate surface area is 189 Å². The summed E-state index contributed by atoms with van der Waals surface area (Å²) in [5, 5.41) is 8.05. The van der Waals surface area contributed by atoms with Gasteiger partial charge in [-0.05, 0) is 37.1 Å². The zero-order valence-electron chi connectivity index (χ0n) is 17.4. The molecule has 1 N–H and O–H groups in total. The average molecular weight is 458 g/mol. The summed E-state index contributed by atoms with van der Waals surface area (Å²) in [4.78, 5) is 17.1. The van der Waals surface area contributed by atoms with Crippen molar-refractivity contribution in [3.63, 3.8) is 0 Å². The van der Waals surface area contributed by atoms with Crippen molar-refractivity contribution >= 4 is 34.4 Å². The van der Waals surface area contributed by atoms with E-state index in [2.05, 4.69) is 33.8 Å². The number of fused-ring (bicyclic) bond motifs is 1. The molecule has 1 atom stereocenters. The summed E-state index contributed by atoms with van der Waals surface area (Å²) >= 11 is 7.73. The molecule has 31 heavy (non-hydrogen) atoms. The van der Waals surface area contributed by atoms with Crippen molar-refractivity contribution in [3.05, 3.63) is 75.4 Å². The van der Waals surface area contributed by atoms with Gasteiger partial charge in [-0.3, -0.25) is 4.57 Å². The van der Waals surface area contributed by atoms with Crippen molar-refractivity contribution in [1.82, 2.24) is 24.3 Å². The number of H-pyrrole nitrogens is 1. The van der Waals surface area contributed by atoms with Gasteiger partial charge in [0.05, 0.1) is 16.3 Å². The predicted molar refractivity (Wildman–Crippen MR) is 124 cm³/mol. The number of aromatic nitrogens is 5. The largest absolute Gasteiger partial charge is 0.385 e. The first-order valence-electron chi connectivity index (χ1n) is 10.1. The number of aromatic amines is 1. The molecular formula is C22H24ClN5O2S. The van der Waals surface area contributed by atoms with Crippen molar-refractivity contribution in [2.45, 2.75) is 36.8 Å². The second kappa shape index (κ2) is 9.72. The van der Waals surface area contributed by atoms with Crippen molar-refractivity contribution in [3.8, 4) is 0 Å². The van der Waals surface area contributed by atoms with Gasteiger partial charge in [0.15, 0.2) is 5.16 Å². The molecule has 0 aliphatic carbocycles. The number of benzene rings is 2. The number of ether oxygens (including phenoxy) is 1. The van der Waals surface area contributed by atoms with Crippen LogP contribution in [0.5, 0.6) is 0 Å². The molecule has 0 aliphatic heterocycles. The molecule has 0 radical (unpaired) electrons. The van der Waals surface area contributed by atoms with E-state index in [0.717, 1.165) is 23.3 Å². The van der Waals surface area contributed by atoms with Crippen molar-refractivity contribution in [1.29, 1.82) is 0 Å². The van der Waals surface area contributed by atoms with Crippen LogP contribution in [0.1, 0.15) is 30.0 Å². The predicted octanol–water partition coefficient (Wildman–Crippen LogP) is 4.51. The van der Waals surface area contributed by atoms with Gasteiger partial charge in [-0.15, -0.1) is 5.10 Å². The number of halogens is 1. The SMILES string of the molecule is COCCCn1c(S[C@@H](C)c2nc3cc(Cl)ccc3n2Cc2ccccc2)n[nH]c1=O. The molecular weight excluding hydrogens is 434 g/mol. The summed E-state index contributed by atoms with van der Waals surface area (Å²) in [6.45, 7) is 3.91. The summed E-state index contributed by atoms with van der Waals surface area (Å²) < 4.78 is 8.97. The van der Waals surface area contributed by atoms with E-state index in [1.54, 1.807) is 11.7 Å². The quantitative estimate of drug-likeness (QED) is 0.295. The van der Waals surface area contributed by atoms with Gasteiger partial charge in [-0.2, -0.15) is 0 Å². The number of hydrogen-bond acceptors (Lipinski definition) is 5. The molecule has 4 rings (SSSR count). The molecule has 9 heteroatoms. The standard InChI is InChI=1S/C22H24ClN5O2S/c1-15(31-22-26-25-21(29)27(22)11-6-12-30-2)20-24-18-13-17(23)9-10-19(18)28(20)14-16-7-4-3-5-8-16/h3-5,7-10,13,15H,6,11-12,14H2,1-2H3,(H,25,29)/t15-/m0/s1. The molecule has 0 unspecified atom stereocenters. The smallest absolute Gasteiger partial charge is 0.343 e. The second-order valence-corrected chi connectivity index (χ2v) is 8.99. The Morgan fingerprint density at radius 1 is 1.19 bits per heavy atom. The third-order valence-electron chi connectivity index (χ3n) is 5.02. The normalized spacial score (nSPS) is 12.5. The lowest BCUT2D eigenvalue weighted by atomic mass is 10.2. The zero-order chi connectivity index (χ0) is 21.8. The topological polar surface area (TPSA) is 77.7 Å². The molecule has 0 fully saturated rings. The minimum absolute atomic E-state index is 0.0359. The molecule has 0 bridgehead atoms. The van der Waals surface area contributed by atoms with Crippen LogP contribution in [-0.4, -0.2) is 38.0 Å². The number of hydrogen-bond donors (Lipinski definition) is 1. The molecule has 2 aromatic carbocycles. The maximum absolute atomic E-state index is 12.2. The Kier molecular flexibility index (Phi) is 6.80. The first-order valence-corrected chi connectivity index (χ1v) is 11.3. The molecule has 0 saturated heterocycles. The molecule has 0 spiro atoms. The van der Waals surface area contributed by atoms with Crippen LogP contribution < -0.4 is 5.69 Å². The summed E-state index contributed by atoms with van der Waals surface area (Å²) in [5.41, 5.74) is 2.85. The molecule has 2 heterocycles. The van der Waals surface area contributed by atoms with Crippen LogP contribution in [-0.2, 0) is 17.8 Å². The van der Waals surface area contributed by atoms with E-state index in [1.165, 1.54) is 17.3 Å². The lowest BCUT2D eigenvalue weighted by Gasteiger charge is -2.15. The van der Waals surface area contributed by atoms with E-state index < -0.39 is 0 Å². The second-order valence-electron chi connectivity index (χ2n) is 7.24. The average Bonchev–Trinajstić information content (AvgIpc) is 3.29. The number of imidazole rings is 1. The van der Waals surface area contributed by atoms with Crippen LogP contribution in [0.4, 0.5) is 0 Å². The number of nitrogens with zero attached hydrogens (tertiary/aromatic N) is 4. The first-order chi connectivity index (χ1) is 15.1. The molecule has 162 valence electrons. The number of rotatable bonds is 9. The highest BCUT2D eigenvalue weighted by molar-refractivity contribution is 7.99. The van der Waals surface area contributed by atoms with Gasteiger partial charge in [0.1, 0.15) is 5.82 Å². The monoisotopic (exact) mass is 457 g/mol. The molecule has 4 aromatic rings. The Hall–Kier alpha value is -2.55. The van der Waals surface area contributed by atoms with Gasteiger partial charge in [-0.25, -0.2) is 14.9 Å². The third kappa shape index (κ3) is 4.87. The first kappa shape index (κ1) is 21.7. The fourth-order valence-corrected chi connectivity index (χ4v) is 4.70. The number of nitrogens with one attached hydrogen (secondary N) is 1. The Balaban J connectivity index is 1.67. The molecule has 2 aromatic heterocycles. The zero-order valence-corrected chi connectivity index (χ0v) is 19.0. The van der Waals surface area contributed by atoms with Gasteiger partial charge in [0, 0.05) is 31.8 Å². The summed E-state index contributed by atoms with van der Waals surface area (Å²) in [6.07, 6.45) is 0.739. The van der Waals surface area contributed by atoms with Crippen LogP contribution in [0.2, 0.25) is 5.02 Å². The number of thioether (sulfide) groups is 1. The number of methoxy groups -OCH3 is 1. The van der Waals surface area contributed by atoms with Crippen molar-refractivity contribution in [2.75, 3.05) is 13.7 Å².